The number of hydrogen-bond acceptors (Lipinski definition) is 1. The van der Waals surface area contributed by atoms with Crippen molar-refractivity contribution < 1.29 is 0 Å². The van der Waals surface area contributed by atoms with Gasteiger partial charge in [0.05, 0.1) is 0 Å². The maximum Gasteiger partial charge on any atom is 0.00966 e. The van der Waals surface area contributed by atoms with E-state index in [4.69, 9.17) is 0 Å². The van der Waals surface area contributed by atoms with Crippen molar-refractivity contribution in [2.24, 2.45) is 23.7 Å². The van der Waals surface area contributed by atoms with Gasteiger partial charge in [-0.25, -0.2) is 0 Å². The molecule has 0 amide bonds. The predicted octanol–water partition coefficient (Wildman–Crippen LogP) is 5.64. The van der Waals surface area contributed by atoms with Crippen LogP contribution in [0, 0.1) is 23.7 Å². The highest BCUT2D eigenvalue weighted by Gasteiger charge is 2.31. The molecule has 4 unspecified atom stereocenters. The minimum absolute atomic E-state index is 0.265. The molecule has 1 N–H and O–H groups in total. The van der Waals surface area contributed by atoms with E-state index in [1.165, 1.54) is 51.5 Å². The first-order valence-corrected chi connectivity index (χ1v) is 9.10. The fourth-order valence-electron chi connectivity index (χ4n) is 3.77. The van der Waals surface area contributed by atoms with Crippen molar-refractivity contribution in [1.82, 2.24) is 5.32 Å². The first-order chi connectivity index (χ1) is 9.35. The molecule has 1 saturated carbocycles. The van der Waals surface area contributed by atoms with Crippen molar-refractivity contribution in [2.75, 3.05) is 6.54 Å². The van der Waals surface area contributed by atoms with Gasteiger partial charge in [-0.05, 0) is 70.3 Å². The second-order valence-corrected chi connectivity index (χ2v) is 8.37. The second-order valence-electron chi connectivity index (χ2n) is 8.37. The molecule has 0 aliphatic heterocycles. The molecule has 20 heavy (non-hydrogen) atoms. The van der Waals surface area contributed by atoms with E-state index in [2.05, 4.69) is 46.9 Å². The minimum atomic E-state index is 0.265. The van der Waals surface area contributed by atoms with Gasteiger partial charge in [0.2, 0.25) is 0 Å². The summed E-state index contributed by atoms with van der Waals surface area (Å²) in [6.07, 6.45) is 10.0. The zero-order valence-corrected chi connectivity index (χ0v) is 15.0. The molecule has 0 aromatic rings. The Morgan fingerprint density at radius 2 is 1.80 bits per heavy atom. The standard InChI is InChI=1S/C19H39N/c1-7-9-16-10-11-17(14-20-19(4,5)6)18(13-16)12-15(3)8-2/h15-18,20H,7-14H2,1-6H3. The van der Waals surface area contributed by atoms with Crippen LogP contribution in [0.1, 0.15) is 86.5 Å². The largest absolute Gasteiger partial charge is 0.312 e. The highest BCUT2D eigenvalue weighted by Crippen LogP contribution is 2.39. The van der Waals surface area contributed by atoms with Crippen molar-refractivity contribution in [3.8, 4) is 0 Å². The summed E-state index contributed by atoms with van der Waals surface area (Å²) in [5.41, 5.74) is 0.265. The Bertz CT molecular complexity index is 253. The molecule has 120 valence electrons. The topological polar surface area (TPSA) is 12.0 Å². The van der Waals surface area contributed by atoms with Crippen molar-refractivity contribution in [2.45, 2.75) is 92.0 Å². The SMILES string of the molecule is CCCC1CCC(CNC(C)(C)C)C(CC(C)CC)C1. The van der Waals surface area contributed by atoms with E-state index in [1.54, 1.807) is 0 Å². The lowest BCUT2D eigenvalue weighted by Crippen LogP contribution is -2.42. The normalized spacial score (nSPS) is 29.4. The fraction of sp³-hybridized carbons (Fsp3) is 1.00. The smallest absolute Gasteiger partial charge is 0.00966 e. The Balaban J connectivity index is 2.56. The molecular formula is C19H39N. The summed E-state index contributed by atoms with van der Waals surface area (Å²) >= 11 is 0. The molecule has 1 rings (SSSR count). The number of nitrogens with one attached hydrogen (secondary N) is 1. The molecule has 1 nitrogen and oxygen atoms in total. The average molecular weight is 282 g/mol. The van der Waals surface area contributed by atoms with Gasteiger partial charge in [0.25, 0.3) is 0 Å². The molecule has 1 aliphatic rings. The summed E-state index contributed by atoms with van der Waals surface area (Å²) in [5.74, 6) is 3.79. The molecule has 1 heteroatoms. The Kier molecular flexibility index (Phi) is 7.58. The average Bonchev–Trinajstić information content (AvgIpc) is 2.37. The molecule has 0 aromatic carbocycles. The van der Waals surface area contributed by atoms with Crippen LogP contribution in [0.3, 0.4) is 0 Å². The van der Waals surface area contributed by atoms with Crippen LogP contribution in [0.4, 0.5) is 0 Å². The maximum absolute atomic E-state index is 3.76. The van der Waals surface area contributed by atoms with Gasteiger partial charge >= 0.3 is 0 Å². The lowest BCUT2D eigenvalue weighted by Gasteiger charge is -2.39. The van der Waals surface area contributed by atoms with Gasteiger partial charge in [-0.1, -0.05) is 46.5 Å². The van der Waals surface area contributed by atoms with E-state index in [0.717, 1.165) is 23.7 Å². The number of rotatable bonds is 7. The third-order valence-corrected chi connectivity index (χ3v) is 5.24. The third kappa shape index (κ3) is 6.61. The van der Waals surface area contributed by atoms with Crippen LogP contribution >= 0.6 is 0 Å². The van der Waals surface area contributed by atoms with Crippen molar-refractivity contribution in [3.63, 3.8) is 0 Å². The van der Waals surface area contributed by atoms with Gasteiger partial charge in [-0.15, -0.1) is 0 Å². The van der Waals surface area contributed by atoms with Crippen molar-refractivity contribution >= 4 is 0 Å². The summed E-state index contributed by atoms with van der Waals surface area (Å²) in [7, 11) is 0. The Morgan fingerprint density at radius 3 is 2.35 bits per heavy atom. The monoisotopic (exact) mass is 281 g/mol. The Morgan fingerprint density at radius 1 is 1.10 bits per heavy atom. The lowest BCUT2D eigenvalue weighted by atomic mass is 9.69. The highest BCUT2D eigenvalue weighted by molar-refractivity contribution is 4.84. The summed E-state index contributed by atoms with van der Waals surface area (Å²) in [6, 6.07) is 0. The summed E-state index contributed by atoms with van der Waals surface area (Å²) in [6.45, 7) is 15.2. The maximum atomic E-state index is 3.76. The van der Waals surface area contributed by atoms with E-state index in [9.17, 15) is 0 Å². The molecule has 1 aliphatic carbocycles. The van der Waals surface area contributed by atoms with Crippen LogP contribution in [-0.4, -0.2) is 12.1 Å². The van der Waals surface area contributed by atoms with Gasteiger partial charge in [0, 0.05) is 5.54 Å². The zero-order valence-electron chi connectivity index (χ0n) is 15.0. The van der Waals surface area contributed by atoms with Gasteiger partial charge in [0.1, 0.15) is 0 Å². The predicted molar refractivity (Wildman–Crippen MR) is 91.1 cm³/mol. The molecule has 0 bridgehead atoms. The molecule has 0 spiro atoms. The summed E-state index contributed by atoms with van der Waals surface area (Å²) < 4.78 is 0. The zero-order chi connectivity index (χ0) is 15.2. The van der Waals surface area contributed by atoms with Crippen molar-refractivity contribution in [3.05, 3.63) is 0 Å². The lowest BCUT2D eigenvalue weighted by molar-refractivity contribution is 0.137. The van der Waals surface area contributed by atoms with Crippen LogP contribution in [0.2, 0.25) is 0 Å². The first-order valence-electron chi connectivity index (χ1n) is 9.10. The molecule has 4 atom stereocenters. The molecular weight excluding hydrogens is 242 g/mol. The molecule has 0 saturated heterocycles. The summed E-state index contributed by atoms with van der Waals surface area (Å²) in [5, 5.41) is 3.76. The van der Waals surface area contributed by atoms with E-state index in [0.29, 0.717) is 0 Å². The fourth-order valence-corrected chi connectivity index (χ4v) is 3.77. The van der Waals surface area contributed by atoms with Crippen molar-refractivity contribution in [1.29, 1.82) is 0 Å². The van der Waals surface area contributed by atoms with Gasteiger partial charge in [-0.3, -0.25) is 0 Å². The van der Waals surface area contributed by atoms with Crippen LogP contribution < -0.4 is 5.32 Å². The molecule has 0 heterocycles. The third-order valence-electron chi connectivity index (χ3n) is 5.24. The van der Waals surface area contributed by atoms with Crippen LogP contribution in [0.15, 0.2) is 0 Å². The Labute approximate surface area is 128 Å². The van der Waals surface area contributed by atoms with Crippen LogP contribution in [-0.2, 0) is 0 Å². The Hall–Kier alpha value is -0.0400. The van der Waals surface area contributed by atoms with E-state index in [1.807, 2.05) is 0 Å². The molecule has 0 radical (unpaired) electrons. The van der Waals surface area contributed by atoms with E-state index in [-0.39, 0.29) is 5.54 Å². The highest BCUT2D eigenvalue weighted by atomic mass is 14.9. The van der Waals surface area contributed by atoms with Gasteiger partial charge in [0.15, 0.2) is 0 Å². The quantitative estimate of drug-likeness (QED) is 0.636. The van der Waals surface area contributed by atoms with Gasteiger partial charge < -0.3 is 5.32 Å². The van der Waals surface area contributed by atoms with E-state index < -0.39 is 0 Å². The molecule has 1 fully saturated rings. The van der Waals surface area contributed by atoms with E-state index >= 15 is 0 Å². The molecule has 0 aromatic heterocycles. The first kappa shape index (κ1) is 18.0. The number of hydrogen-bond donors (Lipinski definition) is 1. The van der Waals surface area contributed by atoms with Crippen LogP contribution in [0.5, 0.6) is 0 Å². The second kappa shape index (κ2) is 8.41. The summed E-state index contributed by atoms with van der Waals surface area (Å²) in [4.78, 5) is 0. The van der Waals surface area contributed by atoms with Gasteiger partial charge in [-0.2, -0.15) is 0 Å². The minimum Gasteiger partial charge on any atom is -0.312 e. The van der Waals surface area contributed by atoms with Crippen LogP contribution in [0.25, 0.3) is 0 Å².